The Labute approximate surface area is 169 Å². The summed E-state index contributed by atoms with van der Waals surface area (Å²) >= 11 is 0. The molecule has 3 aromatic rings. The minimum atomic E-state index is -0.431. The Morgan fingerprint density at radius 3 is 2.69 bits per heavy atom. The Morgan fingerprint density at radius 1 is 1.21 bits per heavy atom. The predicted molar refractivity (Wildman–Crippen MR) is 116 cm³/mol. The smallest absolute Gasteiger partial charge is 0.262 e. The molecule has 1 aliphatic rings. The normalized spacial score (nSPS) is 15.6. The van der Waals surface area contributed by atoms with Crippen LogP contribution in [0, 0.1) is 6.92 Å². The number of hydrogen-bond acceptors (Lipinski definition) is 6. The second-order valence-electron chi connectivity index (χ2n) is 7.84. The third kappa shape index (κ3) is 3.82. The fourth-order valence-electron chi connectivity index (χ4n) is 4.07. The van der Waals surface area contributed by atoms with Crippen LogP contribution in [0.4, 0.5) is 17.5 Å². The highest BCUT2D eigenvalue weighted by atomic mass is 16.3. The molecule has 0 saturated heterocycles. The molecular weight excluding hydrogens is 366 g/mol. The lowest BCUT2D eigenvalue weighted by molar-refractivity contribution is 0.214. The lowest BCUT2D eigenvalue weighted by atomic mass is 9.98. The van der Waals surface area contributed by atoms with Crippen molar-refractivity contribution in [2.75, 3.05) is 17.2 Å². The average molecular weight is 393 g/mol. The summed E-state index contributed by atoms with van der Waals surface area (Å²) < 4.78 is 1.67. The van der Waals surface area contributed by atoms with Gasteiger partial charge < -0.3 is 20.3 Å². The van der Waals surface area contributed by atoms with Gasteiger partial charge in [-0.3, -0.25) is 4.79 Å². The van der Waals surface area contributed by atoms with Gasteiger partial charge in [-0.15, -0.1) is 0 Å². The highest BCUT2D eigenvalue weighted by Crippen LogP contribution is 2.34. The zero-order valence-electron chi connectivity index (χ0n) is 16.9. The Hall–Kier alpha value is -2.93. The van der Waals surface area contributed by atoms with Crippen LogP contribution in [-0.2, 0) is 6.54 Å². The Balaban J connectivity index is 1.83. The van der Waals surface area contributed by atoms with Crippen LogP contribution < -0.4 is 16.2 Å². The maximum atomic E-state index is 13.0. The van der Waals surface area contributed by atoms with E-state index in [9.17, 15) is 9.90 Å². The predicted octanol–water partition coefficient (Wildman–Crippen LogP) is 3.58. The number of anilines is 3. The van der Waals surface area contributed by atoms with Gasteiger partial charge in [-0.2, -0.15) is 0 Å². The molecule has 1 saturated carbocycles. The van der Waals surface area contributed by atoms with E-state index in [1.54, 1.807) is 17.0 Å². The lowest BCUT2D eigenvalue weighted by Gasteiger charge is -2.29. The molecule has 29 heavy (non-hydrogen) atoms. The molecule has 0 radical (unpaired) electrons. The molecule has 4 rings (SSSR count). The van der Waals surface area contributed by atoms with Crippen LogP contribution in [0.25, 0.3) is 10.8 Å². The summed E-state index contributed by atoms with van der Waals surface area (Å²) in [5, 5.41) is 18.1. The van der Waals surface area contributed by atoms with E-state index < -0.39 is 5.54 Å². The molecule has 0 spiro atoms. The first-order valence-corrected chi connectivity index (χ1v) is 10.2. The molecule has 1 fully saturated rings. The number of aliphatic hydroxyl groups excluding tert-OH is 1. The van der Waals surface area contributed by atoms with Crippen LogP contribution in [0.3, 0.4) is 0 Å². The number of fused-ring (bicyclic) bond motifs is 1. The molecule has 7 nitrogen and oxygen atoms in total. The van der Waals surface area contributed by atoms with E-state index >= 15 is 0 Å². The van der Waals surface area contributed by atoms with E-state index in [0.29, 0.717) is 29.4 Å². The molecule has 0 unspecified atom stereocenters. The summed E-state index contributed by atoms with van der Waals surface area (Å²) in [5.41, 5.74) is 0.586. The zero-order valence-corrected chi connectivity index (χ0v) is 16.9. The second-order valence-corrected chi connectivity index (χ2v) is 7.84. The topological polar surface area (TPSA) is 92.1 Å². The molecule has 7 heteroatoms. The highest BCUT2D eigenvalue weighted by Gasteiger charge is 2.34. The largest absolute Gasteiger partial charge is 0.394 e. The number of pyridine rings is 3. The van der Waals surface area contributed by atoms with Crippen LogP contribution in [0.2, 0.25) is 0 Å². The Kier molecular flexibility index (Phi) is 5.24. The first-order chi connectivity index (χ1) is 14.0. The highest BCUT2D eigenvalue weighted by molar-refractivity contribution is 5.93. The SMILES string of the molecule is CCn1ccc2cc(Nc3cc(C)ccn3)nc(NC3(CO)CCCC3)c2c1=O. The molecule has 1 aliphatic carbocycles. The van der Waals surface area contributed by atoms with Gasteiger partial charge >= 0.3 is 0 Å². The summed E-state index contributed by atoms with van der Waals surface area (Å²) in [6.45, 7) is 4.56. The molecule has 0 aromatic carbocycles. The van der Waals surface area contributed by atoms with Crippen molar-refractivity contribution in [2.24, 2.45) is 0 Å². The fourth-order valence-corrected chi connectivity index (χ4v) is 4.07. The molecule has 3 N–H and O–H groups in total. The van der Waals surface area contributed by atoms with Crippen molar-refractivity contribution in [2.45, 2.75) is 51.6 Å². The van der Waals surface area contributed by atoms with E-state index in [1.165, 1.54) is 0 Å². The van der Waals surface area contributed by atoms with Crippen molar-refractivity contribution < 1.29 is 5.11 Å². The maximum Gasteiger partial charge on any atom is 0.262 e. The van der Waals surface area contributed by atoms with Crippen LogP contribution in [0.5, 0.6) is 0 Å². The molecular formula is C22H27N5O2. The van der Waals surface area contributed by atoms with E-state index in [2.05, 4.69) is 15.6 Å². The van der Waals surface area contributed by atoms with E-state index in [-0.39, 0.29) is 12.2 Å². The fraction of sp³-hybridized carbons (Fsp3) is 0.409. The zero-order chi connectivity index (χ0) is 20.4. The third-order valence-electron chi connectivity index (χ3n) is 5.72. The third-order valence-corrected chi connectivity index (χ3v) is 5.72. The van der Waals surface area contributed by atoms with Crippen molar-refractivity contribution in [3.63, 3.8) is 0 Å². The summed E-state index contributed by atoms with van der Waals surface area (Å²) in [5.74, 6) is 1.82. The van der Waals surface area contributed by atoms with Gasteiger partial charge in [0.05, 0.1) is 17.5 Å². The van der Waals surface area contributed by atoms with Gasteiger partial charge in [0.25, 0.3) is 5.56 Å². The van der Waals surface area contributed by atoms with Crippen molar-refractivity contribution in [1.29, 1.82) is 0 Å². The number of nitrogens with zero attached hydrogens (tertiary/aromatic N) is 3. The van der Waals surface area contributed by atoms with Gasteiger partial charge in [-0.05, 0) is 61.9 Å². The number of aliphatic hydroxyl groups is 1. The van der Waals surface area contributed by atoms with E-state index in [0.717, 1.165) is 36.6 Å². The lowest BCUT2D eigenvalue weighted by Crippen LogP contribution is -2.40. The second kappa shape index (κ2) is 7.83. The van der Waals surface area contributed by atoms with Gasteiger partial charge in [0.1, 0.15) is 17.5 Å². The first-order valence-electron chi connectivity index (χ1n) is 10.2. The standard InChI is InChI=1S/C22H27N5O2/c1-3-27-11-7-16-13-18(24-17-12-15(2)6-10-23-17)25-20(19(16)21(27)29)26-22(14-28)8-4-5-9-22/h6-7,10-13,28H,3-5,8-9,14H2,1-2H3,(H2,23,24,25,26). The van der Waals surface area contributed by atoms with E-state index in [1.807, 2.05) is 38.1 Å². The van der Waals surface area contributed by atoms with Gasteiger partial charge in [-0.25, -0.2) is 9.97 Å². The maximum absolute atomic E-state index is 13.0. The summed E-state index contributed by atoms with van der Waals surface area (Å²) in [6, 6.07) is 7.68. The summed E-state index contributed by atoms with van der Waals surface area (Å²) in [7, 11) is 0. The van der Waals surface area contributed by atoms with Crippen molar-refractivity contribution in [3.05, 3.63) is 52.6 Å². The number of rotatable bonds is 6. The number of aromatic nitrogens is 3. The van der Waals surface area contributed by atoms with Crippen LogP contribution in [0.15, 0.2) is 41.5 Å². The van der Waals surface area contributed by atoms with Crippen molar-refractivity contribution in [3.8, 4) is 0 Å². The molecule has 0 aliphatic heterocycles. The minimum Gasteiger partial charge on any atom is -0.394 e. The molecule has 3 heterocycles. The summed E-state index contributed by atoms with van der Waals surface area (Å²) in [6.07, 6.45) is 7.38. The Morgan fingerprint density at radius 2 is 2.00 bits per heavy atom. The molecule has 0 amide bonds. The Bertz CT molecular complexity index is 1090. The monoisotopic (exact) mass is 393 g/mol. The van der Waals surface area contributed by atoms with Gasteiger partial charge in [0.2, 0.25) is 0 Å². The van der Waals surface area contributed by atoms with Crippen LogP contribution in [0.1, 0.15) is 38.2 Å². The number of aryl methyl sites for hydroxylation is 2. The summed E-state index contributed by atoms with van der Waals surface area (Å²) in [4.78, 5) is 22.1. The van der Waals surface area contributed by atoms with Gasteiger partial charge in [-0.1, -0.05) is 12.8 Å². The quantitative estimate of drug-likeness (QED) is 0.593. The molecule has 152 valence electrons. The van der Waals surface area contributed by atoms with E-state index in [4.69, 9.17) is 4.98 Å². The number of nitrogens with one attached hydrogen (secondary N) is 2. The molecule has 0 atom stereocenters. The minimum absolute atomic E-state index is 0.0159. The first kappa shape index (κ1) is 19.4. The van der Waals surface area contributed by atoms with Gasteiger partial charge in [0, 0.05) is 18.9 Å². The van der Waals surface area contributed by atoms with Crippen LogP contribution >= 0.6 is 0 Å². The van der Waals surface area contributed by atoms with Crippen molar-refractivity contribution >= 4 is 28.2 Å². The molecule has 3 aromatic heterocycles. The number of hydrogen-bond donors (Lipinski definition) is 3. The average Bonchev–Trinajstić information content (AvgIpc) is 3.17. The van der Waals surface area contributed by atoms with Crippen molar-refractivity contribution in [1.82, 2.24) is 14.5 Å². The molecule has 0 bridgehead atoms. The van der Waals surface area contributed by atoms with Gasteiger partial charge in [0.15, 0.2) is 0 Å². The van der Waals surface area contributed by atoms with Crippen LogP contribution in [-0.4, -0.2) is 31.8 Å².